The lowest BCUT2D eigenvalue weighted by Crippen LogP contribution is -2.12. The minimum Gasteiger partial charge on any atom is -0.367 e. The summed E-state index contributed by atoms with van der Waals surface area (Å²) in [5.41, 5.74) is 1.65. The van der Waals surface area contributed by atoms with Gasteiger partial charge in [0.2, 0.25) is 5.95 Å². The first-order valence-corrected chi connectivity index (χ1v) is 8.04. The molecule has 0 aliphatic carbocycles. The van der Waals surface area contributed by atoms with Crippen LogP contribution in [0.4, 0.5) is 17.5 Å². The average molecular weight is 347 g/mol. The Balaban J connectivity index is 2.01. The maximum Gasteiger partial charge on any atom is 0.229 e. The number of nitrogens with zero attached hydrogens (tertiary/aromatic N) is 2. The highest BCUT2D eigenvalue weighted by atomic mass is 35.5. The molecule has 0 saturated carbocycles. The van der Waals surface area contributed by atoms with Gasteiger partial charge in [0.05, 0.1) is 15.6 Å². The molecule has 0 amide bonds. The molecule has 0 fully saturated rings. The van der Waals surface area contributed by atoms with Crippen molar-refractivity contribution in [2.45, 2.75) is 19.9 Å². The number of rotatable bonds is 4. The van der Waals surface area contributed by atoms with Crippen LogP contribution in [0.1, 0.15) is 13.8 Å². The molecule has 0 unspecified atom stereocenters. The van der Waals surface area contributed by atoms with Crippen LogP contribution in [0.15, 0.2) is 42.5 Å². The topological polar surface area (TPSA) is 49.8 Å². The third kappa shape index (κ3) is 3.66. The summed E-state index contributed by atoms with van der Waals surface area (Å²) >= 11 is 12.0. The SMILES string of the molecule is CC(C)Nc1nc(Nc2ccc(Cl)c(Cl)c2)nc2ccccc12. The maximum absolute atomic E-state index is 6.05. The standard InChI is InChI=1S/C17H16Cl2N4/c1-10(2)20-16-12-5-3-4-6-15(12)22-17(23-16)21-11-7-8-13(18)14(19)9-11/h3-10H,1-2H3,(H2,20,21,22,23). The Morgan fingerprint density at radius 2 is 1.74 bits per heavy atom. The molecule has 0 aliphatic heterocycles. The van der Waals surface area contributed by atoms with Gasteiger partial charge < -0.3 is 10.6 Å². The zero-order valence-electron chi connectivity index (χ0n) is 12.8. The molecule has 2 N–H and O–H groups in total. The number of hydrogen-bond acceptors (Lipinski definition) is 4. The van der Waals surface area contributed by atoms with Crippen LogP contribution in [0, 0.1) is 0 Å². The molecule has 3 rings (SSSR count). The van der Waals surface area contributed by atoms with Crippen molar-refractivity contribution in [3.8, 4) is 0 Å². The van der Waals surface area contributed by atoms with Gasteiger partial charge in [-0.15, -0.1) is 0 Å². The Morgan fingerprint density at radius 1 is 0.957 bits per heavy atom. The van der Waals surface area contributed by atoms with Crippen LogP contribution < -0.4 is 10.6 Å². The third-order valence-electron chi connectivity index (χ3n) is 3.20. The number of benzene rings is 2. The Bertz CT molecular complexity index is 849. The van der Waals surface area contributed by atoms with Crippen LogP contribution >= 0.6 is 23.2 Å². The fourth-order valence-electron chi connectivity index (χ4n) is 2.22. The molecule has 1 aromatic heterocycles. The molecule has 0 spiro atoms. The molecule has 3 aromatic rings. The minimum absolute atomic E-state index is 0.270. The molecular formula is C17H16Cl2N4. The largest absolute Gasteiger partial charge is 0.367 e. The number of nitrogens with one attached hydrogen (secondary N) is 2. The second-order valence-corrected chi connectivity index (χ2v) is 6.28. The minimum atomic E-state index is 0.270. The highest BCUT2D eigenvalue weighted by molar-refractivity contribution is 6.42. The van der Waals surface area contributed by atoms with Gasteiger partial charge in [0.25, 0.3) is 0 Å². The maximum atomic E-state index is 6.05. The van der Waals surface area contributed by atoms with Crippen molar-refractivity contribution >= 4 is 51.6 Å². The van der Waals surface area contributed by atoms with Gasteiger partial charge in [0, 0.05) is 17.1 Å². The summed E-state index contributed by atoms with van der Waals surface area (Å²) in [6.07, 6.45) is 0. The van der Waals surface area contributed by atoms with Crippen LogP contribution in [0.25, 0.3) is 10.9 Å². The number of halogens is 2. The molecule has 0 radical (unpaired) electrons. The summed E-state index contributed by atoms with van der Waals surface area (Å²) in [4.78, 5) is 9.13. The van der Waals surface area contributed by atoms with E-state index >= 15 is 0 Å². The predicted molar refractivity (Wildman–Crippen MR) is 98.0 cm³/mol. The summed E-state index contributed by atoms with van der Waals surface area (Å²) in [5.74, 6) is 1.30. The number of anilines is 3. The van der Waals surface area contributed by atoms with Crippen LogP contribution in [0.2, 0.25) is 10.0 Å². The average Bonchev–Trinajstić information content (AvgIpc) is 2.50. The summed E-state index contributed by atoms with van der Waals surface area (Å²) in [5, 5.41) is 8.51. The predicted octanol–water partition coefficient (Wildman–Crippen LogP) is 5.50. The van der Waals surface area contributed by atoms with E-state index in [1.807, 2.05) is 30.3 Å². The molecule has 6 heteroatoms. The Hall–Kier alpha value is -2.04. The van der Waals surface area contributed by atoms with Gasteiger partial charge in [-0.1, -0.05) is 35.3 Å². The summed E-state index contributed by atoms with van der Waals surface area (Å²) in [7, 11) is 0. The van der Waals surface area contributed by atoms with E-state index in [0.717, 1.165) is 22.4 Å². The fourth-order valence-corrected chi connectivity index (χ4v) is 2.52. The summed E-state index contributed by atoms with van der Waals surface area (Å²) in [6, 6.07) is 13.5. The van der Waals surface area contributed by atoms with E-state index < -0.39 is 0 Å². The van der Waals surface area contributed by atoms with E-state index in [-0.39, 0.29) is 6.04 Å². The van der Waals surface area contributed by atoms with Gasteiger partial charge in [-0.3, -0.25) is 0 Å². The van der Waals surface area contributed by atoms with Crippen LogP contribution in [0.5, 0.6) is 0 Å². The van der Waals surface area contributed by atoms with E-state index in [2.05, 4.69) is 34.4 Å². The molecule has 2 aromatic carbocycles. The first-order valence-electron chi connectivity index (χ1n) is 7.28. The van der Waals surface area contributed by atoms with Crippen molar-refractivity contribution in [1.82, 2.24) is 9.97 Å². The van der Waals surface area contributed by atoms with Gasteiger partial charge in [-0.05, 0) is 44.2 Å². The van der Waals surface area contributed by atoms with Crippen molar-refractivity contribution in [2.24, 2.45) is 0 Å². The Labute approximate surface area is 144 Å². The summed E-state index contributed by atoms with van der Waals surface area (Å²) in [6.45, 7) is 4.14. The van der Waals surface area contributed by atoms with E-state index in [1.165, 1.54) is 0 Å². The molecule has 0 bridgehead atoms. The molecule has 0 aliphatic rings. The first kappa shape index (κ1) is 15.8. The highest BCUT2D eigenvalue weighted by Gasteiger charge is 2.09. The van der Waals surface area contributed by atoms with E-state index in [9.17, 15) is 0 Å². The lowest BCUT2D eigenvalue weighted by molar-refractivity contribution is 0.891. The monoisotopic (exact) mass is 346 g/mol. The zero-order valence-corrected chi connectivity index (χ0v) is 14.3. The number of aromatic nitrogens is 2. The van der Waals surface area contributed by atoms with Crippen molar-refractivity contribution in [1.29, 1.82) is 0 Å². The number of fused-ring (bicyclic) bond motifs is 1. The van der Waals surface area contributed by atoms with Crippen LogP contribution in [-0.4, -0.2) is 16.0 Å². The van der Waals surface area contributed by atoms with Gasteiger partial charge in [-0.25, -0.2) is 4.98 Å². The fraction of sp³-hybridized carbons (Fsp3) is 0.176. The lowest BCUT2D eigenvalue weighted by Gasteiger charge is -2.14. The van der Waals surface area contributed by atoms with Crippen molar-refractivity contribution in [3.05, 3.63) is 52.5 Å². The smallest absolute Gasteiger partial charge is 0.229 e. The third-order valence-corrected chi connectivity index (χ3v) is 3.94. The second kappa shape index (κ2) is 6.60. The number of hydrogen-bond donors (Lipinski definition) is 2. The quantitative estimate of drug-likeness (QED) is 0.654. The van der Waals surface area contributed by atoms with Gasteiger partial charge >= 0.3 is 0 Å². The van der Waals surface area contributed by atoms with Crippen molar-refractivity contribution < 1.29 is 0 Å². The molecule has 1 heterocycles. The molecule has 4 nitrogen and oxygen atoms in total. The molecule has 0 saturated heterocycles. The molecular weight excluding hydrogens is 331 g/mol. The second-order valence-electron chi connectivity index (χ2n) is 5.47. The molecule has 0 atom stereocenters. The Morgan fingerprint density at radius 3 is 2.48 bits per heavy atom. The van der Waals surface area contributed by atoms with Gasteiger partial charge in [-0.2, -0.15) is 4.98 Å². The van der Waals surface area contributed by atoms with E-state index in [1.54, 1.807) is 12.1 Å². The highest BCUT2D eigenvalue weighted by Crippen LogP contribution is 2.28. The van der Waals surface area contributed by atoms with Gasteiger partial charge in [0.15, 0.2) is 0 Å². The van der Waals surface area contributed by atoms with E-state index in [0.29, 0.717) is 16.0 Å². The van der Waals surface area contributed by atoms with Crippen molar-refractivity contribution in [2.75, 3.05) is 10.6 Å². The molecule has 23 heavy (non-hydrogen) atoms. The normalized spacial score (nSPS) is 11.0. The first-order chi connectivity index (χ1) is 11.0. The number of para-hydroxylation sites is 1. The van der Waals surface area contributed by atoms with Crippen LogP contribution in [0.3, 0.4) is 0 Å². The van der Waals surface area contributed by atoms with Gasteiger partial charge in [0.1, 0.15) is 5.82 Å². The molecule has 118 valence electrons. The summed E-state index contributed by atoms with van der Waals surface area (Å²) < 4.78 is 0. The Kier molecular flexibility index (Phi) is 4.55. The lowest BCUT2D eigenvalue weighted by atomic mass is 10.2. The zero-order chi connectivity index (χ0) is 16.4. The van der Waals surface area contributed by atoms with E-state index in [4.69, 9.17) is 23.2 Å². The van der Waals surface area contributed by atoms with Crippen molar-refractivity contribution in [3.63, 3.8) is 0 Å². The van der Waals surface area contributed by atoms with Crippen LogP contribution in [-0.2, 0) is 0 Å².